The van der Waals surface area contributed by atoms with Crippen molar-refractivity contribution >= 4 is 0 Å². The van der Waals surface area contributed by atoms with E-state index in [2.05, 4.69) is 27.7 Å². The van der Waals surface area contributed by atoms with Crippen molar-refractivity contribution in [2.45, 2.75) is 64.6 Å². The normalized spacial score (nSPS) is 57.7. The molecule has 0 bridgehead atoms. The smallest absolute Gasteiger partial charge is 0.0682 e. The maximum Gasteiger partial charge on any atom is 0.0682 e. The van der Waals surface area contributed by atoms with Gasteiger partial charge in [0.1, 0.15) is 0 Å². The van der Waals surface area contributed by atoms with Crippen molar-refractivity contribution in [3.8, 4) is 0 Å². The molecule has 6 atom stereocenters. The van der Waals surface area contributed by atoms with E-state index < -0.39 is 5.60 Å². The molecule has 0 aromatic rings. The number of hydrogen-bond donors (Lipinski definition) is 1. The van der Waals surface area contributed by atoms with Gasteiger partial charge < -0.3 is 9.84 Å². The van der Waals surface area contributed by atoms with E-state index in [1.165, 1.54) is 6.42 Å². The Bertz CT molecular complexity index is 360. The molecule has 18 heavy (non-hydrogen) atoms. The average Bonchev–Trinajstić information content (AvgIpc) is 2.72. The molecule has 0 aromatic heterocycles. The van der Waals surface area contributed by atoms with Gasteiger partial charge in [-0.3, -0.25) is 0 Å². The molecule has 0 unspecified atom stereocenters. The molecule has 1 N–H and O–H groups in total. The van der Waals surface area contributed by atoms with Crippen LogP contribution in [0.3, 0.4) is 0 Å². The van der Waals surface area contributed by atoms with Gasteiger partial charge >= 0.3 is 0 Å². The van der Waals surface area contributed by atoms with E-state index in [1.54, 1.807) is 0 Å². The van der Waals surface area contributed by atoms with E-state index in [0.29, 0.717) is 23.2 Å². The summed E-state index contributed by atoms with van der Waals surface area (Å²) in [6, 6.07) is 0. The summed E-state index contributed by atoms with van der Waals surface area (Å²) in [5.41, 5.74) is -0.0630. The molecule has 104 valence electrons. The summed E-state index contributed by atoms with van der Waals surface area (Å²) in [7, 11) is 1.85. The maximum absolute atomic E-state index is 10.8. The number of fused-ring (bicyclic) bond motifs is 3. The highest BCUT2D eigenvalue weighted by atomic mass is 16.5. The van der Waals surface area contributed by atoms with Crippen LogP contribution in [0.2, 0.25) is 0 Å². The lowest BCUT2D eigenvalue weighted by molar-refractivity contribution is -0.0886. The van der Waals surface area contributed by atoms with Crippen LogP contribution in [-0.4, -0.2) is 23.4 Å². The van der Waals surface area contributed by atoms with Crippen LogP contribution in [0.25, 0.3) is 0 Å². The molecule has 3 saturated carbocycles. The van der Waals surface area contributed by atoms with Gasteiger partial charge in [-0.25, -0.2) is 0 Å². The Labute approximate surface area is 111 Å². The molecule has 0 saturated heterocycles. The van der Waals surface area contributed by atoms with Gasteiger partial charge in [-0.2, -0.15) is 0 Å². The minimum atomic E-state index is -0.481. The SMILES string of the molecule is CO[C@]1(C)CC[C@@H]2[C@H]([C@H]3[C@@H]1CC[C@]3(C)O)C2(C)C. The summed E-state index contributed by atoms with van der Waals surface area (Å²) in [4.78, 5) is 0. The zero-order chi connectivity index (χ0) is 13.3. The zero-order valence-corrected chi connectivity index (χ0v) is 12.5. The standard InChI is InChI=1S/C16H28O2/c1-14(2)10-7-9-16(4,18-5)11-6-8-15(3,17)13(11)12(10)14/h10-13,17H,6-9H2,1-5H3/t10-,11+,12-,13-,15+,16-/m1/s1. The first-order valence-electron chi connectivity index (χ1n) is 7.51. The summed E-state index contributed by atoms with van der Waals surface area (Å²) >= 11 is 0. The second kappa shape index (κ2) is 3.52. The minimum absolute atomic E-state index is 0.0192. The number of methoxy groups -OCH3 is 1. The van der Waals surface area contributed by atoms with Crippen LogP contribution in [0.15, 0.2) is 0 Å². The van der Waals surface area contributed by atoms with E-state index in [-0.39, 0.29) is 5.60 Å². The predicted octanol–water partition coefficient (Wildman–Crippen LogP) is 3.23. The van der Waals surface area contributed by atoms with Crippen LogP contribution in [0, 0.1) is 29.1 Å². The number of rotatable bonds is 1. The van der Waals surface area contributed by atoms with E-state index in [9.17, 15) is 5.11 Å². The second-order valence-corrected chi connectivity index (χ2v) is 8.04. The highest BCUT2D eigenvalue weighted by Gasteiger charge is 2.69. The van der Waals surface area contributed by atoms with Gasteiger partial charge in [-0.1, -0.05) is 13.8 Å². The van der Waals surface area contributed by atoms with Crippen molar-refractivity contribution < 1.29 is 9.84 Å². The Kier molecular flexibility index (Phi) is 2.53. The monoisotopic (exact) mass is 252 g/mol. The summed E-state index contributed by atoms with van der Waals surface area (Å²) < 4.78 is 5.89. The second-order valence-electron chi connectivity index (χ2n) is 8.04. The topological polar surface area (TPSA) is 29.5 Å². The van der Waals surface area contributed by atoms with Crippen LogP contribution >= 0.6 is 0 Å². The Morgan fingerprint density at radius 3 is 2.17 bits per heavy atom. The van der Waals surface area contributed by atoms with Gasteiger partial charge in [0, 0.05) is 7.11 Å². The van der Waals surface area contributed by atoms with Gasteiger partial charge in [0.2, 0.25) is 0 Å². The Morgan fingerprint density at radius 1 is 0.944 bits per heavy atom. The van der Waals surface area contributed by atoms with Crippen LogP contribution in [-0.2, 0) is 4.74 Å². The molecule has 3 fully saturated rings. The molecule has 0 heterocycles. The third-order valence-corrected chi connectivity index (χ3v) is 6.84. The maximum atomic E-state index is 10.8. The Morgan fingerprint density at radius 2 is 1.56 bits per heavy atom. The molecule has 0 aliphatic heterocycles. The van der Waals surface area contributed by atoms with Crippen molar-refractivity contribution in [3.05, 3.63) is 0 Å². The summed E-state index contributed by atoms with van der Waals surface area (Å²) in [5.74, 6) is 2.47. The first kappa shape index (κ1) is 12.9. The molecular weight excluding hydrogens is 224 g/mol. The van der Waals surface area contributed by atoms with Gasteiger partial charge in [0.15, 0.2) is 0 Å². The Balaban J connectivity index is 1.99. The highest BCUT2D eigenvalue weighted by molar-refractivity contribution is 5.18. The molecule has 0 amide bonds. The van der Waals surface area contributed by atoms with Gasteiger partial charge in [-0.05, 0) is 68.6 Å². The first-order valence-corrected chi connectivity index (χ1v) is 7.51. The Hall–Kier alpha value is -0.0800. The molecule has 3 rings (SSSR count). The summed E-state index contributed by atoms with van der Waals surface area (Å²) in [6.07, 6.45) is 4.50. The lowest BCUT2D eigenvalue weighted by Gasteiger charge is -2.40. The van der Waals surface area contributed by atoms with Crippen molar-refractivity contribution in [1.82, 2.24) is 0 Å². The third-order valence-electron chi connectivity index (χ3n) is 6.84. The van der Waals surface area contributed by atoms with Gasteiger partial charge in [0.25, 0.3) is 0 Å². The van der Waals surface area contributed by atoms with Gasteiger partial charge in [0.05, 0.1) is 11.2 Å². The molecule has 3 aliphatic carbocycles. The van der Waals surface area contributed by atoms with E-state index in [0.717, 1.165) is 25.2 Å². The molecule has 2 nitrogen and oxygen atoms in total. The van der Waals surface area contributed by atoms with E-state index in [1.807, 2.05) is 7.11 Å². The van der Waals surface area contributed by atoms with E-state index in [4.69, 9.17) is 4.74 Å². The van der Waals surface area contributed by atoms with Crippen LogP contribution in [0.1, 0.15) is 53.4 Å². The van der Waals surface area contributed by atoms with Crippen molar-refractivity contribution in [2.75, 3.05) is 7.11 Å². The molecule has 0 spiro atoms. The quantitative estimate of drug-likeness (QED) is 0.776. The third kappa shape index (κ3) is 1.48. The minimum Gasteiger partial charge on any atom is -0.390 e. The molecular formula is C16H28O2. The zero-order valence-electron chi connectivity index (χ0n) is 12.5. The van der Waals surface area contributed by atoms with Crippen LogP contribution in [0.4, 0.5) is 0 Å². The fraction of sp³-hybridized carbons (Fsp3) is 1.00. The number of aliphatic hydroxyl groups is 1. The predicted molar refractivity (Wildman–Crippen MR) is 72.2 cm³/mol. The average molecular weight is 252 g/mol. The fourth-order valence-corrected chi connectivity index (χ4v) is 5.48. The van der Waals surface area contributed by atoms with Crippen molar-refractivity contribution in [3.63, 3.8) is 0 Å². The molecule has 2 heteroatoms. The van der Waals surface area contributed by atoms with E-state index >= 15 is 0 Å². The van der Waals surface area contributed by atoms with Crippen LogP contribution < -0.4 is 0 Å². The van der Waals surface area contributed by atoms with Crippen LogP contribution in [0.5, 0.6) is 0 Å². The van der Waals surface area contributed by atoms with Crippen molar-refractivity contribution in [1.29, 1.82) is 0 Å². The summed E-state index contributed by atoms with van der Waals surface area (Å²) in [6.45, 7) is 9.11. The molecule has 3 aliphatic rings. The number of ether oxygens (including phenoxy) is 1. The molecule has 0 radical (unpaired) electrons. The lowest BCUT2D eigenvalue weighted by Crippen LogP contribution is -2.44. The molecule has 0 aromatic carbocycles. The van der Waals surface area contributed by atoms with Gasteiger partial charge in [-0.15, -0.1) is 0 Å². The lowest BCUT2D eigenvalue weighted by atomic mass is 9.73. The first-order chi connectivity index (χ1) is 8.24. The fourth-order valence-electron chi connectivity index (χ4n) is 5.48. The highest BCUT2D eigenvalue weighted by Crippen LogP contribution is 2.72. The number of hydrogen-bond acceptors (Lipinski definition) is 2. The largest absolute Gasteiger partial charge is 0.390 e. The van der Waals surface area contributed by atoms with Crippen molar-refractivity contribution in [2.24, 2.45) is 29.1 Å². The summed E-state index contributed by atoms with van der Waals surface area (Å²) in [5, 5.41) is 10.8.